The largest absolute Gasteiger partial charge is 0.311 e. The molecule has 1 aromatic heterocycles. The molecule has 3 heterocycles. The van der Waals surface area contributed by atoms with Crippen LogP contribution < -0.4 is 26.2 Å². The van der Waals surface area contributed by atoms with Gasteiger partial charge in [-0.05, 0) is 128 Å². The van der Waals surface area contributed by atoms with Crippen molar-refractivity contribution in [3.8, 4) is 44.5 Å². The monoisotopic (exact) mass is 830 g/mol. The summed E-state index contributed by atoms with van der Waals surface area (Å²) in [5, 5.41) is 2.63. The third-order valence-corrected chi connectivity index (χ3v) is 14.5. The minimum Gasteiger partial charge on any atom is -0.311 e. The van der Waals surface area contributed by atoms with Crippen LogP contribution in [0.5, 0.6) is 0 Å². The number of nitrogens with zero attached hydrogens (tertiary/aromatic N) is 2. The molecule has 0 radical (unpaired) electrons. The molecule has 2 nitrogen and oxygen atoms in total. The highest BCUT2D eigenvalue weighted by Gasteiger charge is 2.43. The number of rotatable bonds is 7. The van der Waals surface area contributed by atoms with Crippen molar-refractivity contribution in [2.24, 2.45) is 0 Å². The molecule has 0 N–H and O–H groups in total. The van der Waals surface area contributed by atoms with Crippen molar-refractivity contribution in [1.82, 2.24) is 0 Å². The fraction of sp³-hybridized carbons (Fsp3) is 0. The quantitative estimate of drug-likeness (QED) is 0.148. The van der Waals surface area contributed by atoms with Crippen LogP contribution in [0.3, 0.4) is 0 Å². The van der Waals surface area contributed by atoms with Crippen molar-refractivity contribution < 1.29 is 0 Å². The lowest BCUT2D eigenvalue weighted by molar-refractivity contribution is 1.29. The van der Waals surface area contributed by atoms with Crippen LogP contribution >= 0.6 is 11.3 Å². The molecule has 13 rings (SSSR count). The number of benzene rings is 10. The summed E-state index contributed by atoms with van der Waals surface area (Å²) in [6.07, 6.45) is 0. The lowest BCUT2D eigenvalue weighted by atomic mass is 9.37. The number of anilines is 6. The fourth-order valence-corrected chi connectivity index (χ4v) is 11.6. The maximum atomic E-state index is 2.50. The highest BCUT2D eigenvalue weighted by molar-refractivity contribution is 7.26. The van der Waals surface area contributed by atoms with E-state index < -0.39 is 0 Å². The summed E-state index contributed by atoms with van der Waals surface area (Å²) in [5.74, 6) is 0. The van der Waals surface area contributed by atoms with Gasteiger partial charge in [0, 0.05) is 54.3 Å². The summed E-state index contributed by atoms with van der Waals surface area (Å²) in [6.45, 7) is 0.0630. The van der Waals surface area contributed by atoms with E-state index in [-0.39, 0.29) is 6.71 Å². The van der Waals surface area contributed by atoms with E-state index in [2.05, 4.69) is 246 Å². The van der Waals surface area contributed by atoms with E-state index >= 15 is 0 Å². The molecule has 0 saturated carbocycles. The van der Waals surface area contributed by atoms with Crippen molar-refractivity contribution in [1.29, 1.82) is 0 Å². The van der Waals surface area contributed by atoms with Gasteiger partial charge in [-0.3, -0.25) is 0 Å². The van der Waals surface area contributed by atoms with Gasteiger partial charge in [0.05, 0.1) is 0 Å². The molecule has 0 spiro atoms. The zero-order chi connectivity index (χ0) is 42.1. The number of thiophene rings is 1. The lowest BCUT2D eigenvalue weighted by Gasteiger charge is -2.36. The first-order valence-corrected chi connectivity index (χ1v) is 22.8. The molecule has 0 bridgehead atoms. The summed E-state index contributed by atoms with van der Waals surface area (Å²) >= 11 is 1.90. The van der Waals surface area contributed by atoms with Crippen molar-refractivity contribution in [3.63, 3.8) is 0 Å². The van der Waals surface area contributed by atoms with Crippen LogP contribution in [0.25, 0.3) is 64.7 Å². The zero-order valence-corrected chi connectivity index (χ0v) is 35.7. The molecule has 10 aromatic carbocycles. The van der Waals surface area contributed by atoms with Gasteiger partial charge in [0.25, 0.3) is 0 Å². The molecule has 0 atom stereocenters. The summed E-state index contributed by atoms with van der Waals surface area (Å²) in [7, 11) is 0. The predicted octanol–water partition coefficient (Wildman–Crippen LogP) is 14.8. The Bertz CT molecular complexity index is 3460. The maximum absolute atomic E-state index is 2.50. The molecule has 298 valence electrons. The van der Waals surface area contributed by atoms with Gasteiger partial charge in [0.1, 0.15) is 0 Å². The highest BCUT2D eigenvalue weighted by atomic mass is 32.1. The molecule has 0 amide bonds. The Morgan fingerprint density at radius 2 is 0.938 bits per heavy atom. The normalized spacial score (nSPS) is 12.3. The van der Waals surface area contributed by atoms with Crippen LogP contribution in [-0.4, -0.2) is 6.71 Å². The van der Waals surface area contributed by atoms with E-state index in [9.17, 15) is 0 Å². The van der Waals surface area contributed by atoms with E-state index in [1.807, 2.05) is 11.3 Å². The molecule has 0 unspecified atom stereocenters. The molecule has 4 heteroatoms. The summed E-state index contributed by atoms with van der Waals surface area (Å²) in [4.78, 5) is 4.92. The standard InChI is InChI=1S/C60H39BN2S/c1-4-15-40(16-5-1)42-27-31-46(32-28-42)62(47-33-29-43(30-34-47)41-17-6-2-7-18-41)48-35-36-50-53-37-44(49-22-14-23-52-51-21-10-13-26-58(51)64-60(49)52)38-57-59(53)61(55(50)39-48)54-24-11-12-25-56(54)63(57)45-19-8-3-9-20-45/h1-39H. The first kappa shape index (κ1) is 36.7. The second-order valence-corrected chi connectivity index (χ2v) is 17.9. The number of fused-ring (bicyclic) bond motifs is 8. The number of hydrogen-bond acceptors (Lipinski definition) is 3. The van der Waals surface area contributed by atoms with Crippen molar-refractivity contribution >= 4 is 88.7 Å². The highest BCUT2D eigenvalue weighted by Crippen LogP contribution is 2.47. The molecular weight excluding hydrogens is 792 g/mol. The molecule has 0 aliphatic carbocycles. The van der Waals surface area contributed by atoms with Crippen LogP contribution in [-0.2, 0) is 0 Å². The second kappa shape index (κ2) is 14.9. The van der Waals surface area contributed by atoms with E-state index in [0.717, 1.165) is 22.7 Å². The van der Waals surface area contributed by atoms with Gasteiger partial charge in [-0.1, -0.05) is 169 Å². The topological polar surface area (TPSA) is 6.48 Å². The third-order valence-electron chi connectivity index (χ3n) is 13.3. The summed E-state index contributed by atoms with van der Waals surface area (Å²) in [5.41, 5.74) is 20.9. The molecule has 0 fully saturated rings. The van der Waals surface area contributed by atoms with Gasteiger partial charge >= 0.3 is 0 Å². The SMILES string of the molecule is c1ccc(-c2ccc(N(c3ccc(-c4ccccc4)cc3)c3ccc4c(c3)B3c5ccccc5N(c5ccccc5)c5cc(-c6cccc7c6sc6ccccc67)cc-4c53)cc2)cc1. The Balaban J connectivity index is 1.02. The Kier molecular flexibility index (Phi) is 8.53. The minimum absolute atomic E-state index is 0.0630. The van der Waals surface area contributed by atoms with Crippen LogP contribution in [0.1, 0.15) is 0 Å². The van der Waals surface area contributed by atoms with Crippen LogP contribution in [0.4, 0.5) is 34.1 Å². The lowest BCUT2D eigenvalue weighted by Crippen LogP contribution is -2.54. The number of hydrogen-bond donors (Lipinski definition) is 0. The van der Waals surface area contributed by atoms with Crippen molar-refractivity contribution in [2.45, 2.75) is 0 Å². The Morgan fingerprint density at radius 1 is 0.359 bits per heavy atom. The van der Waals surface area contributed by atoms with Crippen LogP contribution in [0, 0.1) is 0 Å². The fourth-order valence-electron chi connectivity index (χ4n) is 10.4. The first-order chi connectivity index (χ1) is 31.7. The predicted molar refractivity (Wildman–Crippen MR) is 275 cm³/mol. The van der Waals surface area contributed by atoms with E-state index in [1.165, 1.54) is 92.4 Å². The third kappa shape index (κ3) is 5.87. The van der Waals surface area contributed by atoms with Crippen LogP contribution in [0.15, 0.2) is 237 Å². The first-order valence-electron chi connectivity index (χ1n) is 22.0. The number of para-hydroxylation sites is 2. The molecule has 2 aliphatic rings. The summed E-state index contributed by atoms with van der Waals surface area (Å²) < 4.78 is 2.65. The van der Waals surface area contributed by atoms with Gasteiger partial charge in [-0.25, -0.2) is 0 Å². The Labute approximate surface area is 377 Å². The minimum atomic E-state index is 0.0630. The Morgan fingerprint density at radius 3 is 1.64 bits per heavy atom. The average molecular weight is 831 g/mol. The van der Waals surface area contributed by atoms with E-state index in [0.29, 0.717) is 0 Å². The molecule has 64 heavy (non-hydrogen) atoms. The van der Waals surface area contributed by atoms with Gasteiger partial charge in [-0.15, -0.1) is 11.3 Å². The van der Waals surface area contributed by atoms with Gasteiger partial charge in [-0.2, -0.15) is 0 Å². The van der Waals surface area contributed by atoms with Gasteiger partial charge in [0.2, 0.25) is 6.71 Å². The molecule has 2 aliphatic heterocycles. The molecule has 0 saturated heterocycles. The molecule has 11 aromatic rings. The van der Waals surface area contributed by atoms with E-state index in [1.54, 1.807) is 0 Å². The second-order valence-electron chi connectivity index (χ2n) is 16.8. The van der Waals surface area contributed by atoms with Crippen molar-refractivity contribution in [3.05, 3.63) is 237 Å². The summed E-state index contributed by atoms with van der Waals surface area (Å²) in [6, 6.07) is 87.1. The van der Waals surface area contributed by atoms with Gasteiger partial charge in [0.15, 0.2) is 0 Å². The molecular formula is C60H39BN2S. The average Bonchev–Trinajstić information content (AvgIpc) is 3.92. The Hall–Kier alpha value is -7.92. The smallest absolute Gasteiger partial charge is 0.248 e. The zero-order valence-electron chi connectivity index (χ0n) is 34.9. The van der Waals surface area contributed by atoms with Crippen molar-refractivity contribution in [2.75, 3.05) is 9.80 Å². The maximum Gasteiger partial charge on any atom is 0.248 e. The van der Waals surface area contributed by atoms with Crippen LogP contribution in [0.2, 0.25) is 0 Å². The van der Waals surface area contributed by atoms with E-state index in [4.69, 9.17) is 0 Å². The van der Waals surface area contributed by atoms with Gasteiger partial charge < -0.3 is 9.80 Å².